The number of amides is 1. The Labute approximate surface area is 160 Å². The van der Waals surface area contributed by atoms with Gasteiger partial charge in [-0.25, -0.2) is 9.07 Å². The zero-order valence-electron chi connectivity index (χ0n) is 14.9. The van der Waals surface area contributed by atoms with Gasteiger partial charge in [-0.1, -0.05) is 23.8 Å². The van der Waals surface area contributed by atoms with Crippen LogP contribution in [0.25, 0.3) is 0 Å². The highest BCUT2D eigenvalue weighted by molar-refractivity contribution is 7.71. The molecule has 0 aliphatic heterocycles. The van der Waals surface area contributed by atoms with Crippen LogP contribution in [-0.4, -0.2) is 15.7 Å². The first-order valence-corrected chi connectivity index (χ1v) is 8.64. The molecule has 3 rings (SSSR count). The molecule has 1 N–H and O–H groups in total. The van der Waals surface area contributed by atoms with Crippen molar-refractivity contribution < 1.29 is 18.3 Å². The lowest BCUT2D eigenvalue weighted by Gasteiger charge is -2.08. The number of carbonyl (C=O) groups is 1. The maximum absolute atomic E-state index is 13.6. The highest BCUT2D eigenvalue weighted by Crippen LogP contribution is 2.17. The summed E-state index contributed by atoms with van der Waals surface area (Å²) >= 11 is 5.09. The molecule has 1 heterocycles. The van der Waals surface area contributed by atoms with Crippen LogP contribution in [-0.2, 0) is 17.9 Å². The van der Waals surface area contributed by atoms with Gasteiger partial charge in [0.2, 0.25) is 5.91 Å². The number of aromatic nitrogens is 2. The van der Waals surface area contributed by atoms with E-state index >= 15 is 0 Å². The Morgan fingerprint density at radius 2 is 2.00 bits per heavy atom. The Kier molecular flexibility index (Phi) is 5.66. The zero-order valence-corrected chi connectivity index (χ0v) is 15.7. The van der Waals surface area contributed by atoms with E-state index < -0.39 is 0 Å². The number of benzene rings is 2. The number of ether oxygens (including phenoxy) is 1. The van der Waals surface area contributed by atoms with E-state index in [1.807, 2.05) is 31.2 Å². The molecule has 0 aliphatic rings. The summed E-state index contributed by atoms with van der Waals surface area (Å²) < 4.78 is 25.8. The van der Waals surface area contributed by atoms with Crippen LogP contribution in [0.5, 0.6) is 5.75 Å². The van der Waals surface area contributed by atoms with Crippen molar-refractivity contribution in [2.24, 2.45) is 0 Å². The maximum atomic E-state index is 13.6. The van der Waals surface area contributed by atoms with Crippen LogP contribution in [0.1, 0.15) is 17.0 Å². The van der Waals surface area contributed by atoms with Gasteiger partial charge in [0.15, 0.2) is 6.61 Å². The molecule has 3 aromatic rings. The van der Waals surface area contributed by atoms with Crippen molar-refractivity contribution in [3.8, 4) is 5.75 Å². The van der Waals surface area contributed by atoms with Gasteiger partial charge in [-0.15, -0.1) is 5.10 Å². The molecule has 0 aliphatic carbocycles. The van der Waals surface area contributed by atoms with E-state index in [4.69, 9.17) is 21.4 Å². The molecule has 0 unspecified atom stereocenters. The van der Waals surface area contributed by atoms with Crippen LogP contribution in [0, 0.1) is 24.5 Å². The van der Waals surface area contributed by atoms with Gasteiger partial charge in [-0.3, -0.25) is 4.79 Å². The predicted molar refractivity (Wildman–Crippen MR) is 101 cm³/mol. The highest BCUT2D eigenvalue weighted by atomic mass is 32.1. The molecule has 0 fully saturated rings. The van der Waals surface area contributed by atoms with E-state index in [2.05, 4.69) is 10.4 Å². The summed E-state index contributed by atoms with van der Waals surface area (Å²) in [5, 5.41) is 6.79. The first-order valence-electron chi connectivity index (χ1n) is 8.23. The van der Waals surface area contributed by atoms with E-state index in [1.54, 1.807) is 13.0 Å². The predicted octanol–water partition coefficient (Wildman–Crippen LogP) is 4.18. The van der Waals surface area contributed by atoms with Crippen molar-refractivity contribution in [2.45, 2.75) is 27.0 Å². The molecule has 0 radical (unpaired) electrons. The largest absolute Gasteiger partial charge is 0.484 e. The van der Waals surface area contributed by atoms with Crippen molar-refractivity contribution in [1.29, 1.82) is 0 Å². The second kappa shape index (κ2) is 8.13. The number of halogens is 1. The lowest BCUT2D eigenvalue weighted by molar-refractivity contribution is -0.117. The highest BCUT2D eigenvalue weighted by Gasteiger charge is 2.12. The second-order valence-electron chi connectivity index (χ2n) is 5.98. The summed E-state index contributed by atoms with van der Waals surface area (Å²) in [7, 11) is 0. The Hall–Kier alpha value is -3.00. The first kappa shape index (κ1) is 18.8. The third-order valence-electron chi connectivity index (χ3n) is 3.87. The number of rotatable bonds is 6. The zero-order chi connectivity index (χ0) is 19.4. The van der Waals surface area contributed by atoms with Crippen LogP contribution in [0.4, 0.5) is 10.1 Å². The summed E-state index contributed by atoms with van der Waals surface area (Å²) in [5.74, 6) is 0.159. The van der Waals surface area contributed by atoms with Crippen LogP contribution < -0.4 is 10.1 Å². The molecule has 0 saturated heterocycles. The maximum Gasteiger partial charge on any atom is 0.287 e. The van der Waals surface area contributed by atoms with Gasteiger partial charge in [-0.2, -0.15) is 0 Å². The van der Waals surface area contributed by atoms with Crippen LogP contribution in [0.3, 0.4) is 0 Å². The van der Waals surface area contributed by atoms with Crippen molar-refractivity contribution >= 4 is 23.8 Å². The summed E-state index contributed by atoms with van der Waals surface area (Å²) in [5.41, 5.74) is 1.89. The van der Waals surface area contributed by atoms with Gasteiger partial charge < -0.3 is 14.5 Å². The number of anilines is 1. The van der Waals surface area contributed by atoms with Gasteiger partial charge in [-0.05, 0) is 50.3 Å². The Balaban J connectivity index is 1.62. The fourth-order valence-corrected chi connectivity index (χ4v) is 2.56. The molecule has 0 bridgehead atoms. The molecular weight excluding hydrogens is 369 g/mol. The molecule has 1 amide bonds. The quantitative estimate of drug-likeness (QED) is 0.643. The molecular formula is C19H18FN3O3S. The molecule has 6 nitrogen and oxygen atoms in total. The van der Waals surface area contributed by atoms with Crippen molar-refractivity contribution in [3.05, 3.63) is 70.1 Å². The Bertz CT molecular complexity index is 1010. The molecule has 8 heteroatoms. The number of hydrogen-bond acceptors (Lipinski definition) is 5. The van der Waals surface area contributed by atoms with E-state index in [0.29, 0.717) is 17.0 Å². The molecule has 0 atom stereocenters. The van der Waals surface area contributed by atoms with Crippen LogP contribution in [0.2, 0.25) is 0 Å². The van der Waals surface area contributed by atoms with E-state index in [1.165, 1.54) is 16.8 Å². The SMILES string of the molecule is Cc1ccc(OCc2nn(CC(=O)Nc3cccc(F)c3C)c(=S)o2)cc1. The lowest BCUT2D eigenvalue weighted by atomic mass is 10.2. The molecule has 1 aromatic heterocycles. The summed E-state index contributed by atoms with van der Waals surface area (Å²) in [6, 6.07) is 12.0. The van der Waals surface area contributed by atoms with E-state index in [9.17, 15) is 9.18 Å². The van der Waals surface area contributed by atoms with Gasteiger partial charge in [0.25, 0.3) is 10.7 Å². The number of hydrogen-bond donors (Lipinski definition) is 1. The second-order valence-corrected chi connectivity index (χ2v) is 6.33. The molecule has 27 heavy (non-hydrogen) atoms. The summed E-state index contributed by atoms with van der Waals surface area (Å²) in [6.45, 7) is 3.51. The minimum Gasteiger partial charge on any atom is -0.484 e. The summed E-state index contributed by atoms with van der Waals surface area (Å²) in [4.78, 5) is 12.3. The number of carbonyl (C=O) groups excluding carboxylic acids is 1. The van der Waals surface area contributed by atoms with Gasteiger partial charge in [0, 0.05) is 11.3 Å². The summed E-state index contributed by atoms with van der Waals surface area (Å²) in [6.07, 6.45) is 0. The van der Waals surface area contributed by atoms with Gasteiger partial charge >= 0.3 is 0 Å². The van der Waals surface area contributed by atoms with E-state index in [0.717, 1.165) is 5.56 Å². The Morgan fingerprint density at radius 1 is 1.26 bits per heavy atom. The Morgan fingerprint density at radius 3 is 2.74 bits per heavy atom. The fraction of sp³-hybridized carbons (Fsp3) is 0.211. The van der Waals surface area contributed by atoms with Crippen molar-refractivity contribution in [2.75, 3.05) is 5.32 Å². The normalized spacial score (nSPS) is 10.6. The minimum absolute atomic E-state index is 0.0589. The third kappa shape index (κ3) is 4.79. The number of nitrogens with one attached hydrogen (secondary N) is 1. The van der Waals surface area contributed by atoms with Gasteiger partial charge in [0.05, 0.1) is 0 Å². The van der Waals surface area contributed by atoms with Crippen LogP contribution >= 0.6 is 12.2 Å². The minimum atomic E-state index is -0.390. The molecule has 0 spiro atoms. The number of nitrogens with zero attached hydrogens (tertiary/aromatic N) is 2. The lowest BCUT2D eigenvalue weighted by Crippen LogP contribution is -2.20. The first-order chi connectivity index (χ1) is 12.9. The molecule has 140 valence electrons. The van der Waals surface area contributed by atoms with Gasteiger partial charge in [0.1, 0.15) is 18.1 Å². The monoisotopic (exact) mass is 387 g/mol. The fourth-order valence-electron chi connectivity index (χ4n) is 2.36. The standard InChI is InChI=1S/C19H18FN3O3S/c1-12-6-8-14(9-7-12)25-11-18-22-23(19(27)26-18)10-17(24)21-16-5-3-4-15(20)13(16)2/h3-9H,10-11H2,1-2H3,(H,21,24). The average Bonchev–Trinajstić information content (AvgIpc) is 2.98. The molecule has 0 saturated carbocycles. The average molecular weight is 387 g/mol. The van der Waals surface area contributed by atoms with Crippen molar-refractivity contribution in [1.82, 2.24) is 9.78 Å². The third-order valence-corrected chi connectivity index (χ3v) is 4.16. The molecule has 2 aromatic carbocycles. The van der Waals surface area contributed by atoms with Crippen molar-refractivity contribution in [3.63, 3.8) is 0 Å². The smallest absolute Gasteiger partial charge is 0.287 e. The van der Waals surface area contributed by atoms with Crippen LogP contribution in [0.15, 0.2) is 46.9 Å². The number of aryl methyl sites for hydroxylation is 1. The topological polar surface area (TPSA) is 69.3 Å². The van der Waals surface area contributed by atoms with E-state index in [-0.39, 0.29) is 35.6 Å².